The van der Waals surface area contributed by atoms with Crippen LogP contribution < -0.4 is 24.4 Å². The molecule has 3 heterocycles. The van der Waals surface area contributed by atoms with E-state index < -0.39 is 12.0 Å². The predicted octanol–water partition coefficient (Wildman–Crippen LogP) is 8.48. The number of benzene rings is 4. The van der Waals surface area contributed by atoms with Gasteiger partial charge in [0.05, 0.1) is 53.1 Å². The molecule has 0 spiro atoms. The molecule has 53 heavy (non-hydrogen) atoms. The number of fused-ring (bicyclic) bond motifs is 1. The van der Waals surface area contributed by atoms with Crippen LogP contribution in [0.1, 0.15) is 44.9 Å². The number of hydrogen-bond donors (Lipinski definition) is 0. The van der Waals surface area contributed by atoms with Crippen molar-refractivity contribution < 1.29 is 19.0 Å². The molecule has 0 radical (unpaired) electrons. The van der Waals surface area contributed by atoms with Gasteiger partial charge in [-0.15, -0.1) is 0 Å². The number of carbonyl (C=O) groups is 1. The van der Waals surface area contributed by atoms with Gasteiger partial charge in [0.2, 0.25) is 0 Å². The first-order chi connectivity index (χ1) is 25.8. The molecule has 0 unspecified atom stereocenters. The molecule has 0 fully saturated rings. The summed E-state index contributed by atoms with van der Waals surface area (Å²) in [6.07, 6.45) is 1.94. The van der Waals surface area contributed by atoms with Gasteiger partial charge in [0, 0.05) is 15.7 Å². The van der Waals surface area contributed by atoms with E-state index in [0.29, 0.717) is 50.9 Å². The topological polar surface area (TPSA) is 84.1 Å². The highest BCUT2D eigenvalue weighted by atomic mass is 79.9. The number of nitrogens with zero attached hydrogens (tertiary/aromatic N) is 3. The standard InChI is InChI=1S/C43H38BrN3O5S/c1-5-50-35-23-18-30(25-36(35)51-6-2)40-38(42(49)52-7-3)27(4)45-43-47(40)41(48)37(53-43)26-31-24-34(28-14-10-8-11-15-28)46(33-21-19-32(44)20-22-33)39(31)29-16-12-9-13-17-29/h8-26,40H,5-7H2,1-4H3/b37-26-/t40-/m0/s1. The van der Waals surface area contributed by atoms with Gasteiger partial charge < -0.3 is 18.8 Å². The molecular weight excluding hydrogens is 750 g/mol. The fourth-order valence-electron chi connectivity index (χ4n) is 6.70. The summed E-state index contributed by atoms with van der Waals surface area (Å²) in [6, 6.07) is 35.5. The Bertz CT molecular complexity index is 2500. The van der Waals surface area contributed by atoms with Crippen LogP contribution in [0.15, 0.2) is 135 Å². The lowest BCUT2D eigenvalue weighted by Gasteiger charge is -2.25. The fourth-order valence-corrected chi connectivity index (χ4v) is 8.00. The van der Waals surface area contributed by atoms with Gasteiger partial charge >= 0.3 is 5.97 Å². The molecule has 0 saturated carbocycles. The van der Waals surface area contributed by atoms with E-state index in [1.165, 1.54) is 11.3 Å². The molecular formula is C43H38BrN3O5S. The second-order valence-corrected chi connectivity index (χ2v) is 14.2. The van der Waals surface area contributed by atoms with Gasteiger partial charge in [-0.25, -0.2) is 9.79 Å². The fraction of sp³-hybridized carbons (Fsp3) is 0.186. The van der Waals surface area contributed by atoms with Gasteiger partial charge in [-0.05, 0) is 92.9 Å². The molecule has 4 aromatic carbocycles. The normalized spacial score (nSPS) is 14.1. The van der Waals surface area contributed by atoms with Gasteiger partial charge in [-0.3, -0.25) is 9.36 Å². The SMILES string of the molecule is CCOC(=O)C1=C(C)N=c2s/c(=C\c3cc(-c4ccccc4)n(-c4ccc(Br)cc4)c3-c3ccccc3)c(=O)n2[C@H]1c1ccc(OCC)c(OCC)c1. The summed E-state index contributed by atoms with van der Waals surface area (Å²) in [7, 11) is 0. The van der Waals surface area contributed by atoms with Crippen LogP contribution >= 0.6 is 27.3 Å². The van der Waals surface area contributed by atoms with Gasteiger partial charge in [0.1, 0.15) is 0 Å². The molecule has 8 nitrogen and oxygen atoms in total. The van der Waals surface area contributed by atoms with Crippen LogP contribution in [0.25, 0.3) is 34.3 Å². The van der Waals surface area contributed by atoms with Crippen LogP contribution in [0.3, 0.4) is 0 Å². The monoisotopic (exact) mass is 787 g/mol. The van der Waals surface area contributed by atoms with Crippen LogP contribution in [0.4, 0.5) is 0 Å². The number of rotatable bonds is 11. The minimum absolute atomic E-state index is 0.182. The number of hydrogen-bond acceptors (Lipinski definition) is 7. The third kappa shape index (κ3) is 7.04. The number of ether oxygens (including phenoxy) is 3. The van der Waals surface area contributed by atoms with Crippen molar-refractivity contribution in [1.82, 2.24) is 9.13 Å². The van der Waals surface area contributed by atoms with Gasteiger partial charge in [-0.2, -0.15) is 0 Å². The van der Waals surface area contributed by atoms with E-state index in [2.05, 4.69) is 63.0 Å². The second kappa shape index (κ2) is 15.7. The zero-order valence-electron chi connectivity index (χ0n) is 29.8. The molecule has 1 aliphatic heterocycles. The Labute approximate surface area is 320 Å². The van der Waals surface area contributed by atoms with E-state index in [1.54, 1.807) is 18.4 Å². The molecule has 2 aromatic heterocycles. The summed E-state index contributed by atoms with van der Waals surface area (Å²) in [5, 5.41) is 0. The van der Waals surface area contributed by atoms with E-state index >= 15 is 0 Å². The van der Waals surface area contributed by atoms with Crippen LogP contribution in [0.2, 0.25) is 0 Å². The second-order valence-electron chi connectivity index (χ2n) is 12.3. The van der Waals surface area contributed by atoms with Crippen molar-refractivity contribution in [3.8, 4) is 39.7 Å². The van der Waals surface area contributed by atoms with Crippen molar-refractivity contribution in [2.75, 3.05) is 19.8 Å². The summed E-state index contributed by atoms with van der Waals surface area (Å²) in [6.45, 7) is 8.41. The minimum Gasteiger partial charge on any atom is -0.490 e. The quantitative estimate of drug-likeness (QED) is 0.123. The Morgan fingerprint density at radius 3 is 2.15 bits per heavy atom. The molecule has 0 bridgehead atoms. The molecule has 6 aromatic rings. The molecule has 0 N–H and O–H groups in total. The summed E-state index contributed by atoms with van der Waals surface area (Å²) in [4.78, 5) is 33.7. The maximum absolute atomic E-state index is 14.8. The molecule has 7 rings (SSSR count). The first kappa shape index (κ1) is 35.9. The molecule has 1 atom stereocenters. The smallest absolute Gasteiger partial charge is 0.338 e. The van der Waals surface area contributed by atoms with Crippen LogP contribution in [0, 0.1) is 0 Å². The highest BCUT2D eigenvalue weighted by Gasteiger charge is 2.34. The van der Waals surface area contributed by atoms with E-state index in [1.807, 2.05) is 86.7 Å². The Kier molecular flexibility index (Phi) is 10.6. The van der Waals surface area contributed by atoms with E-state index in [9.17, 15) is 9.59 Å². The summed E-state index contributed by atoms with van der Waals surface area (Å²) in [5.41, 5.74) is 6.98. The van der Waals surface area contributed by atoms with Crippen molar-refractivity contribution >= 4 is 39.3 Å². The zero-order valence-corrected chi connectivity index (χ0v) is 32.2. The van der Waals surface area contributed by atoms with E-state index in [4.69, 9.17) is 19.2 Å². The van der Waals surface area contributed by atoms with Crippen LogP contribution in [-0.4, -0.2) is 34.9 Å². The molecule has 268 valence electrons. The molecule has 0 saturated heterocycles. The average Bonchev–Trinajstić information content (AvgIpc) is 3.69. The summed E-state index contributed by atoms with van der Waals surface area (Å²) < 4.78 is 22.6. The van der Waals surface area contributed by atoms with Gasteiger partial charge in [0.25, 0.3) is 5.56 Å². The van der Waals surface area contributed by atoms with Crippen molar-refractivity contribution in [3.63, 3.8) is 0 Å². The molecule has 1 aliphatic rings. The number of carbonyl (C=O) groups excluding carboxylic acids is 1. The van der Waals surface area contributed by atoms with Crippen molar-refractivity contribution in [1.29, 1.82) is 0 Å². The zero-order chi connectivity index (χ0) is 37.1. The Balaban J connectivity index is 1.49. The summed E-state index contributed by atoms with van der Waals surface area (Å²) >= 11 is 4.89. The van der Waals surface area contributed by atoms with Crippen LogP contribution in [0.5, 0.6) is 11.5 Å². The highest BCUT2D eigenvalue weighted by Crippen LogP contribution is 2.38. The lowest BCUT2D eigenvalue weighted by Crippen LogP contribution is -2.40. The molecule has 10 heteroatoms. The number of allylic oxidation sites excluding steroid dienone is 1. The number of thiazole rings is 1. The predicted molar refractivity (Wildman–Crippen MR) is 214 cm³/mol. The Hall–Kier alpha value is -5.45. The maximum Gasteiger partial charge on any atom is 0.338 e. The van der Waals surface area contributed by atoms with E-state index in [-0.39, 0.29) is 12.2 Å². The lowest BCUT2D eigenvalue weighted by atomic mass is 9.95. The Morgan fingerprint density at radius 1 is 0.830 bits per heavy atom. The minimum atomic E-state index is -0.803. The highest BCUT2D eigenvalue weighted by molar-refractivity contribution is 9.10. The Morgan fingerprint density at radius 2 is 1.49 bits per heavy atom. The summed E-state index contributed by atoms with van der Waals surface area (Å²) in [5.74, 6) is 0.592. The van der Waals surface area contributed by atoms with Crippen molar-refractivity contribution in [3.05, 3.63) is 156 Å². The van der Waals surface area contributed by atoms with Gasteiger partial charge in [-0.1, -0.05) is 94.0 Å². The van der Waals surface area contributed by atoms with E-state index in [0.717, 1.165) is 38.2 Å². The first-order valence-corrected chi connectivity index (χ1v) is 19.2. The maximum atomic E-state index is 14.8. The number of aromatic nitrogens is 2. The van der Waals surface area contributed by atoms with Crippen molar-refractivity contribution in [2.45, 2.75) is 33.7 Å². The van der Waals surface area contributed by atoms with Crippen molar-refractivity contribution in [2.24, 2.45) is 4.99 Å². The third-order valence-corrected chi connectivity index (χ3v) is 10.4. The molecule has 0 amide bonds. The van der Waals surface area contributed by atoms with Gasteiger partial charge in [0.15, 0.2) is 16.3 Å². The number of esters is 1. The van der Waals surface area contributed by atoms with Crippen LogP contribution in [-0.2, 0) is 9.53 Å². The molecule has 0 aliphatic carbocycles. The largest absolute Gasteiger partial charge is 0.490 e. The third-order valence-electron chi connectivity index (χ3n) is 8.92. The number of halogens is 1. The lowest BCUT2D eigenvalue weighted by molar-refractivity contribution is -0.139. The first-order valence-electron chi connectivity index (χ1n) is 17.5. The average molecular weight is 789 g/mol.